The molecule has 3 heterocycles. The molecule has 17 heteroatoms. The van der Waals surface area contributed by atoms with E-state index >= 15 is 0 Å². The highest BCUT2D eigenvalue weighted by Crippen LogP contribution is 2.43. The Kier molecular flexibility index (Phi) is 20.5. The van der Waals surface area contributed by atoms with Gasteiger partial charge in [-0.2, -0.15) is 0 Å². The van der Waals surface area contributed by atoms with Crippen LogP contribution >= 0.6 is 34.8 Å². The van der Waals surface area contributed by atoms with Gasteiger partial charge in [0.1, 0.15) is 54.5 Å². The van der Waals surface area contributed by atoms with E-state index in [0.29, 0.717) is 5.75 Å². The molecule has 83 heavy (non-hydrogen) atoms. The van der Waals surface area contributed by atoms with Gasteiger partial charge in [-0.25, -0.2) is 0 Å². The van der Waals surface area contributed by atoms with Crippen LogP contribution in [0.4, 0.5) is 0 Å². The number of methoxy groups -OCH3 is 1. The van der Waals surface area contributed by atoms with Crippen LogP contribution in [0.25, 0.3) is 0 Å². The molecule has 7 aromatic carbocycles. The first-order chi connectivity index (χ1) is 40.3. The normalized spacial score (nSPS) is 24.8. The summed E-state index contributed by atoms with van der Waals surface area (Å²) in [4.78, 5) is 14.5. The van der Waals surface area contributed by atoms with Gasteiger partial charge >= 0.3 is 0 Å². The Morgan fingerprint density at radius 1 is 0.554 bits per heavy atom. The van der Waals surface area contributed by atoms with E-state index in [1.165, 1.54) is 0 Å². The van der Waals surface area contributed by atoms with Gasteiger partial charge < -0.3 is 57.1 Å². The summed E-state index contributed by atoms with van der Waals surface area (Å²) in [6.07, 6.45) is -9.89. The quantitative estimate of drug-likeness (QED) is 0.0512. The summed E-state index contributed by atoms with van der Waals surface area (Å²) >= 11 is 19.5. The van der Waals surface area contributed by atoms with Crippen LogP contribution in [0.3, 0.4) is 0 Å². The summed E-state index contributed by atoms with van der Waals surface area (Å²) in [5.74, 6) is -0.227. The van der Waals surface area contributed by atoms with Gasteiger partial charge in [0.25, 0.3) is 18.0 Å². The molecule has 0 bridgehead atoms. The molecule has 10 rings (SSSR count). The SMILES string of the molecule is COc1ccc(CO[C@@H]2[C@H](OCc3ccccc3)[C@H](O[C@H]3[C@H](OCc4ccccc4)[C@@H](NC(=O)C(Cl)(Cl)Cl)[C@H](O[Si](c4ccccc4)(c4ccccc4)C(C)(C)C)O[C@@H]3COCc3ccccc3)O[C@@H]3CO[C@@H](c4ccccc4)O[C@@H]23)cc1. The second-order valence-electron chi connectivity index (χ2n) is 21.8. The summed E-state index contributed by atoms with van der Waals surface area (Å²) in [5.41, 5.74) is 4.37. The number of halogens is 3. The Balaban J connectivity index is 1.11. The standard InChI is InChI=1S/C66H70Cl3NO12Si/c1-65(2,3)83(51-31-19-9-20-32-51,52-33-21-10-22-34-52)82-62-55(70-64(71)66(67,68)69)58(74-40-46-25-13-6-14-26-46)56(53(78-62)43-73-39-45-23-11-5-12-24-45)81-63-60(76-41-47-27-15-7-16-28-47)59(75-42-48-35-37-50(72-4)38-36-48)57-54(79-63)44-77-61(80-57)49-29-17-8-18-30-49/h5-38,53-63H,39-44H2,1-4H3,(H,70,71)/t53-,54-,55-,56-,57-,58-,59+,60+,61-,62+,63+/m1/s1. The minimum absolute atomic E-state index is 0.0484. The molecule has 1 amide bonds. The van der Waals surface area contributed by atoms with Gasteiger partial charge in [-0.15, -0.1) is 0 Å². The van der Waals surface area contributed by atoms with Crippen molar-refractivity contribution in [1.82, 2.24) is 5.32 Å². The van der Waals surface area contributed by atoms with Gasteiger partial charge in [-0.1, -0.05) is 250 Å². The molecule has 0 spiro atoms. The maximum absolute atomic E-state index is 14.5. The molecule has 1 N–H and O–H groups in total. The fourth-order valence-corrected chi connectivity index (χ4v) is 15.8. The predicted octanol–water partition coefficient (Wildman–Crippen LogP) is 11.3. The highest BCUT2D eigenvalue weighted by molar-refractivity contribution is 6.99. The smallest absolute Gasteiger partial charge is 0.272 e. The first kappa shape index (κ1) is 60.6. The van der Waals surface area contributed by atoms with E-state index in [1.807, 2.05) is 182 Å². The molecule has 3 saturated heterocycles. The fraction of sp³-hybridized carbons (Fsp3) is 0.348. The zero-order valence-corrected chi connectivity index (χ0v) is 50.0. The number of fused-ring (bicyclic) bond motifs is 1. The Hall–Kier alpha value is -5.50. The largest absolute Gasteiger partial charge is 0.497 e. The topological polar surface area (TPSA) is 131 Å². The van der Waals surface area contributed by atoms with Gasteiger partial charge in [0.05, 0.1) is 46.8 Å². The Bertz CT molecular complexity index is 3040. The van der Waals surface area contributed by atoms with E-state index in [0.717, 1.165) is 38.2 Å². The molecule has 3 aliphatic heterocycles. The van der Waals surface area contributed by atoms with Crippen molar-refractivity contribution in [3.63, 3.8) is 0 Å². The molecule has 7 aromatic rings. The monoisotopic (exact) mass is 1200 g/mol. The number of rotatable bonds is 22. The van der Waals surface area contributed by atoms with E-state index in [2.05, 4.69) is 50.4 Å². The van der Waals surface area contributed by atoms with Crippen molar-refractivity contribution in [2.45, 2.75) is 124 Å². The van der Waals surface area contributed by atoms with Crippen molar-refractivity contribution in [3.8, 4) is 5.75 Å². The third-order valence-electron chi connectivity index (χ3n) is 15.1. The van der Waals surface area contributed by atoms with Gasteiger partial charge in [0.2, 0.25) is 0 Å². The lowest BCUT2D eigenvalue weighted by Gasteiger charge is -2.53. The predicted molar refractivity (Wildman–Crippen MR) is 321 cm³/mol. The molecule has 0 radical (unpaired) electrons. The molecule has 0 aromatic heterocycles. The van der Waals surface area contributed by atoms with Crippen LogP contribution in [0.15, 0.2) is 206 Å². The van der Waals surface area contributed by atoms with Crippen LogP contribution in [0, 0.1) is 0 Å². The zero-order chi connectivity index (χ0) is 57.8. The number of carbonyl (C=O) groups excluding carboxylic acids is 1. The molecular formula is C66H70Cl3NO12Si. The average Bonchev–Trinajstić information content (AvgIpc) is 3.00. The Labute approximate surface area is 502 Å². The first-order valence-electron chi connectivity index (χ1n) is 27.9. The molecule has 436 valence electrons. The van der Waals surface area contributed by atoms with Crippen molar-refractivity contribution < 1.29 is 56.6 Å². The molecule has 0 unspecified atom stereocenters. The first-order valence-corrected chi connectivity index (χ1v) is 30.9. The Morgan fingerprint density at radius 3 is 1.55 bits per heavy atom. The molecule has 3 fully saturated rings. The van der Waals surface area contributed by atoms with E-state index < -0.39 is 90.7 Å². The summed E-state index contributed by atoms with van der Waals surface area (Å²) in [6.45, 7) is 7.10. The highest BCUT2D eigenvalue weighted by atomic mass is 35.6. The number of hydrogen-bond donors (Lipinski definition) is 1. The van der Waals surface area contributed by atoms with Crippen molar-refractivity contribution >= 4 is 59.4 Å². The van der Waals surface area contributed by atoms with Crippen LogP contribution in [-0.2, 0) is 78.3 Å². The third kappa shape index (κ3) is 15.0. The number of ether oxygens (including phenoxy) is 10. The molecule has 11 atom stereocenters. The van der Waals surface area contributed by atoms with E-state index in [9.17, 15) is 4.79 Å². The van der Waals surface area contributed by atoms with Crippen molar-refractivity contribution in [3.05, 3.63) is 234 Å². The second kappa shape index (κ2) is 28.1. The molecule has 13 nitrogen and oxygen atoms in total. The molecule has 0 aliphatic carbocycles. The number of amides is 1. The minimum atomic E-state index is -3.53. The van der Waals surface area contributed by atoms with Crippen molar-refractivity contribution in [1.29, 1.82) is 0 Å². The van der Waals surface area contributed by atoms with Crippen LogP contribution < -0.4 is 20.4 Å². The lowest BCUT2D eigenvalue weighted by molar-refractivity contribution is -0.390. The molecular weight excluding hydrogens is 1130 g/mol. The highest BCUT2D eigenvalue weighted by Gasteiger charge is 2.59. The molecule has 3 aliphatic rings. The molecule has 0 saturated carbocycles. The van der Waals surface area contributed by atoms with E-state index in [1.54, 1.807) is 7.11 Å². The average molecular weight is 1200 g/mol. The lowest BCUT2D eigenvalue weighted by Crippen LogP contribution is -2.74. The third-order valence-corrected chi connectivity index (χ3v) is 20.6. The van der Waals surface area contributed by atoms with E-state index in [-0.39, 0.29) is 39.6 Å². The van der Waals surface area contributed by atoms with Crippen LogP contribution in [0.2, 0.25) is 5.04 Å². The number of carbonyl (C=O) groups is 1. The van der Waals surface area contributed by atoms with Crippen LogP contribution in [-0.4, -0.2) is 99.7 Å². The number of nitrogens with one attached hydrogen (secondary N) is 1. The summed E-state index contributed by atoms with van der Waals surface area (Å²) in [5, 5.41) is 4.43. The van der Waals surface area contributed by atoms with Gasteiger partial charge in [0, 0.05) is 5.56 Å². The maximum atomic E-state index is 14.5. The summed E-state index contributed by atoms with van der Waals surface area (Å²) in [6, 6.07) is 65.8. The second-order valence-corrected chi connectivity index (χ2v) is 28.3. The van der Waals surface area contributed by atoms with Crippen LogP contribution in [0.1, 0.15) is 54.9 Å². The lowest BCUT2D eigenvalue weighted by atomic mass is 9.94. The minimum Gasteiger partial charge on any atom is -0.497 e. The maximum Gasteiger partial charge on any atom is 0.272 e. The number of hydrogen-bond acceptors (Lipinski definition) is 12. The van der Waals surface area contributed by atoms with Crippen LogP contribution in [0.5, 0.6) is 5.75 Å². The summed E-state index contributed by atoms with van der Waals surface area (Å²) in [7, 11) is -1.91. The Morgan fingerprint density at radius 2 is 1.04 bits per heavy atom. The number of benzene rings is 7. The fourth-order valence-electron chi connectivity index (χ4n) is 11.0. The van der Waals surface area contributed by atoms with Crippen molar-refractivity contribution in [2.75, 3.05) is 20.3 Å². The van der Waals surface area contributed by atoms with Gasteiger partial charge in [0.15, 0.2) is 18.9 Å². The zero-order valence-electron chi connectivity index (χ0n) is 46.8. The van der Waals surface area contributed by atoms with Crippen molar-refractivity contribution in [2.24, 2.45) is 0 Å². The summed E-state index contributed by atoms with van der Waals surface area (Å²) < 4.78 is 74.5. The van der Waals surface area contributed by atoms with Gasteiger partial charge in [-0.05, 0) is 49.8 Å². The number of alkyl halides is 3. The van der Waals surface area contributed by atoms with Gasteiger partial charge in [-0.3, -0.25) is 4.79 Å². The van der Waals surface area contributed by atoms with E-state index in [4.69, 9.17) is 86.6 Å².